The fraction of sp³-hybridized carbons (Fsp3) is 0.381. The number of hydrogen-bond acceptors (Lipinski definition) is 4. The number of carbonyl (C=O) groups is 1. The van der Waals surface area contributed by atoms with Crippen molar-refractivity contribution in [3.8, 4) is 0 Å². The minimum atomic E-state index is -0.0278. The molecule has 3 aromatic rings. The van der Waals surface area contributed by atoms with E-state index in [1.807, 2.05) is 48.2 Å². The van der Waals surface area contributed by atoms with E-state index < -0.39 is 0 Å². The van der Waals surface area contributed by atoms with Crippen molar-refractivity contribution in [1.82, 2.24) is 15.0 Å². The summed E-state index contributed by atoms with van der Waals surface area (Å²) in [6.07, 6.45) is 4.23. The molecule has 0 unspecified atom stereocenters. The van der Waals surface area contributed by atoms with E-state index in [4.69, 9.17) is 9.51 Å². The molecule has 3 heterocycles. The molecule has 0 bridgehead atoms. The largest absolute Gasteiger partial charge is 0.359 e. The van der Waals surface area contributed by atoms with Gasteiger partial charge < -0.3 is 9.42 Å². The highest BCUT2D eigenvalue weighted by Crippen LogP contribution is 2.41. The fourth-order valence-electron chi connectivity index (χ4n) is 3.96. The summed E-state index contributed by atoms with van der Waals surface area (Å²) >= 11 is 0. The highest BCUT2D eigenvalue weighted by molar-refractivity contribution is 6.06. The first kappa shape index (κ1) is 15.6. The number of rotatable bonds is 3. The molecule has 1 aliphatic heterocycles. The molecule has 0 spiro atoms. The monoisotopic (exact) mass is 347 g/mol. The van der Waals surface area contributed by atoms with Crippen molar-refractivity contribution >= 4 is 16.8 Å². The fourth-order valence-corrected chi connectivity index (χ4v) is 3.96. The predicted octanol–water partition coefficient (Wildman–Crippen LogP) is 4.39. The molecular weight excluding hydrogens is 326 g/mol. The third-order valence-corrected chi connectivity index (χ3v) is 5.45. The molecule has 1 aliphatic carbocycles. The van der Waals surface area contributed by atoms with Gasteiger partial charge in [-0.25, -0.2) is 0 Å². The van der Waals surface area contributed by atoms with Gasteiger partial charge >= 0.3 is 0 Å². The summed E-state index contributed by atoms with van der Waals surface area (Å²) in [7, 11) is 0. The van der Waals surface area contributed by atoms with Crippen molar-refractivity contribution in [2.75, 3.05) is 6.54 Å². The highest BCUT2D eigenvalue weighted by atomic mass is 16.5. The topological polar surface area (TPSA) is 59.2 Å². The van der Waals surface area contributed by atoms with Gasteiger partial charge in [-0.2, -0.15) is 0 Å². The van der Waals surface area contributed by atoms with Crippen LogP contribution in [0.1, 0.15) is 65.1 Å². The number of hydrogen-bond donors (Lipinski definition) is 0. The third-order valence-electron chi connectivity index (χ3n) is 5.45. The van der Waals surface area contributed by atoms with Crippen molar-refractivity contribution in [3.05, 3.63) is 59.1 Å². The van der Waals surface area contributed by atoms with E-state index in [2.05, 4.69) is 5.16 Å². The number of aryl methyl sites for hydroxylation is 1. The lowest BCUT2D eigenvalue weighted by atomic mass is 10.0. The van der Waals surface area contributed by atoms with Gasteiger partial charge in [0.2, 0.25) is 0 Å². The van der Waals surface area contributed by atoms with Gasteiger partial charge in [-0.05, 0) is 44.7 Å². The smallest absolute Gasteiger partial charge is 0.255 e. The Labute approximate surface area is 152 Å². The van der Waals surface area contributed by atoms with Gasteiger partial charge in [0.25, 0.3) is 5.91 Å². The highest BCUT2D eigenvalue weighted by Gasteiger charge is 2.35. The second-order valence-corrected chi connectivity index (χ2v) is 7.41. The second-order valence-electron chi connectivity index (χ2n) is 7.41. The van der Waals surface area contributed by atoms with E-state index in [0.717, 1.165) is 53.0 Å². The van der Waals surface area contributed by atoms with Crippen LogP contribution in [0.15, 0.2) is 40.9 Å². The van der Waals surface area contributed by atoms with E-state index in [9.17, 15) is 4.79 Å². The lowest BCUT2D eigenvalue weighted by Gasteiger charge is -2.23. The molecule has 2 aliphatic rings. The number of amides is 1. The van der Waals surface area contributed by atoms with E-state index in [0.29, 0.717) is 5.92 Å². The number of carbonyl (C=O) groups excluding carboxylic acids is 1. The number of aromatic nitrogens is 2. The summed E-state index contributed by atoms with van der Waals surface area (Å²) in [5.74, 6) is 1.37. The van der Waals surface area contributed by atoms with Crippen LogP contribution in [0.5, 0.6) is 0 Å². The number of likely N-dealkylation sites (tertiary alicyclic amines) is 1. The van der Waals surface area contributed by atoms with Crippen molar-refractivity contribution in [3.63, 3.8) is 0 Å². The average Bonchev–Trinajstić information content (AvgIpc) is 3.24. The van der Waals surface area contributed by atoms with Crippen LogP contribution in [-0.2, 0) is 0 Å². The molecule has 5 rings (SSSR count). The molecule has 1 aromatic carbocycles. The lowest BCUT2D eigenvalue weighted by Crippen LogP contribution is -2.30. The zero-order valence-corrected chi connectivity index (χ0v) is 14.8. The van der Waals surface area contributed by atoms with Gasteiger partial charge in [0.1, 0.15) is 0 Å². The van der Waals surface area contributed by atoms with Gasteiger partial charge in [-0.1, -0.05) is 23.4 Å². The molecule has 0 radical (unpaired) electrons. The SMILES string of the molecule is Cc1cc([C@H]2CCCN2C(=O)c2cc(C3CC3)nc3ccccc23)on1. The Bertz CT molecular complexity index is 990. The van der Waals surface area contributed by atoms with Crippen molar-refractivity contribution in [2.24, 2.45) is 0 Å². The molecule has 26 heavy (non-hydrogen) atoms. The van der Waals surface area contributed by atoms with Crippen LogP contribution in [0.2, 0.25) is 0 Å². The van der Waals surface area contributed by atoms with E-state index in [1.54, 1.807) is 0 Å². The van der Waals surface area contributed by atoms with Crippen molar-refractivity contribution in [1.29, 1.82) is 0 Å². The molecule has 5 nitrogen and oxygen atoms in total. The summed E-state index contributed by atoms with van der Waals surface area (Å²) in [6.45, 7) is 2.66. The summed E-state index contributed by atoms with van der Waals surface area (Å²) in [5.41, 5.74) is 3.58. The first-order chi connectivity index (χ1) is 12.7. The van der Waals surface area contributed by atoms with Gasteiger partial charge in [-0.15, -0.1) is 0 Å². The standard InChI is InChI=1S/C21H21N3O2/c1-13-11-20(26-23-13)19-7-4-10-24(19)21(25)16-12-18(14-8-9-14)22-17-6-3-2-5-15(16)17/h2-3,5-6,11-12,14,19H,4,7-10H2,1H3/t19-/m1/s1. The van der Waals surface area contributed by atoms with Crippen molar-refractivity contribution < 1.29 is 9.32 Å². The Balaban J connectivity index is 1.57. The zero-order chi connectivity index (χ0) is 17.7. The minimum Gasteiger partial charge on any atom is -0.359 e. The van der Waals surface area contributed by atoms with Crippen LogP contribution in [0.3, 0.4) is 0 Å². The number of pyridine rings is 1. The molecule has 5 heteroatoms. The molecule has 132 valence electrons. The van der Waals surface area contributed by atoms with E-state index >= 15 is 0 Å². The van der Waals surface area contributed by atoms with Gasteiger partial charge in [0, 0.05) is 29.6 Å². The van der Waals surface area contributed by atoms with E-state index in [1.165, 1.54) is 12.8 Å². The third kappa shape index (κ3) is 2.59. The minimum absolute atomic E-state index is 0.0278. The van der Waals surface area contributed by atoms with Crippen LogP contribution >= 0.6 is 0 Å². The van der Waals surface area contributed by atoms with Crippen LogP contribution in [-0.4, -0.2) is 27.5 Å². The average molecular weight is 347 g/mol. The zero-order valence-electron chi connectivity index (χ0n) is 14.8. The van der Waals surface area contributed by atoms with Gasteiger partial charge in [0.05, 0.1) is 22.8 Å². The van der Waals surface area contributed by atoms with Gasteiger partial charge in [0.15, 0.2) is 5.76 Å². The Kier molecular flexibility index (Phi) is 3.55. The molecule has 0 N–H and O–H groups in total. The molecule has 1 saturated carbocycles. The molecule has 1 saturated heterocycles. The number of para-hydroxylation sites is 1. The summed E-state index contributed by atoms with van der Waals surface area (Å²) in [5, 5.41) is 4.93. The molecule has 1 atom stereocenters. The molecular formula is C21H21N3O2. The quantitative estimate of drug-likeness (QED) is 0.705. The molecule has 2 aromatic heterocycles. The van der Waals surface area contributed by atoms with Gasteiger partial charge in [-0.3, -0.25) is 9.78 Å². The summed E-state index contributed by atoms with van der Waals surface area (Å²) in [6, 6.07) is 11.9. The van der Waals surface area contributed by atoms with Crippen LogP contribution in [0.25, 0.3) is 10.9 Å². The van der Waals surface area contributed by atoms with Crippen LogP contribution in [0.4, 0.5) is 0 Å². The second kappa shape index (κ2) is 5.94. The maximum Gasteiger partial charge on any atom is 0.255 e. The Morgan fingerprint density at radius 1 is 1.19 bits per heavy atom. The maximum absolute atomic E-state index is 13.5. The molecule has 1 amide bonds. The van der Waals surface area contributed by atoms with Crippen LogP contribution in [0, 0.1) is 6.92 Å². The molecule has 2 fully saturated rings. The summed E-state index contributed by atoms with van der Waals surface area (Å²) < 4.78 is 5.47. The number of nitrogens with zero attached hydrogens (tertiary/aromatic N) is 3. The Hall–Kier alpha value is -2.69. The lowest BCUT2D eigenvalue weighted by molar-refractivity contribution is 0.0716. The number of benzene rings is 1. The Morgan fingerprint density at radius 3 is 2.81 bits per heavy atom. The first-order valence-corrected chi connectivity index (χ1v) is 9.34. The van der Waals surface area contributed by atoms with Crippen LogP contribution < -0.4 is 0 Å². The Morgan fingerprint density at radius 2 is 2.04 bits per heavy atom. The first-order valence-electron chi connectivity index (χ1n) is 9.34. The number of fused-ring (bicyclic) bond motifs is 1. The maximum atomic E-state index is 13.5. The van der Waals surface area contributed by atoms with E-state index in [-0.39, 0.29) is 11.9 Å². The van der Waals surface area contributed by atoms with Crippen molar-refractivity contribution in [2.45, 2.75) is 44.6 Å². The summed E-state index contributed by atoms with van der Waals surface area (Å²) in [4.78, 5) is 20.2. The normalized spacial score (nSPS) is 20.0. The predicted molar refractivity (Wildman–Crippen MR) is 98.0 cm³/mol.